The van der Waals surface area contributed by atoms with E-state index in [2.05, 4.69) is 19.6 Å². The Morgan fingerprint density at radius 3 is 2.15 bits per heavy atom. The first-order chi connectivity index (χ1) is 5.99. The van der Waals surface area contributed by atoms with E-state index in [-0.39, 0.29) is 7.27 Å². The number of halogens is 1. The lowest BCUT2D eigenvalue weighted by Gasteiger charge is -2.29. The molecule has 0 aliphatic heterocycles. The highest BCUT2D eigenvalue weighted by atomic mass is 35.7. The Hall–Kier alpha value is 0.937. The molecule has 1 aliphatic carbocycles. The van der Waals surface area contributed by atoms with Gasteiger partial charge in [0.25, 0.3) is 0 Å². The van der Waals surface area contributed by atoms with Gasteiger partial charge in [-0.25, -0.2) is 0 Å². The summed E-state index contributed by atoms with van der Waals surface area (Å²) in [4.78, 5) is 0. The quantitative estimate of drug-likeness (QED) is 0.486. The third kappa shape index (κ3) is 4.81. The van der Waals surface area contributed by atoms with Crippen molar-refractivity contribution in [3.8, 4) is 0 Å². The smallest absolute Gasteiger partial charge is 0.0499 e. The molecule has 1 aliphatic rings. The average molecular weight is 237 g/mol. The van der Waals surface area contributed by atoms with Crippen LogP contribution in [0.4, 0.5) is 0 Å². The summed E-state index contributed by atoms with van der Waals surface area (Å²) in [5.41, 5.74) is 0.900. The maximum absolute atomic E-state index is 6.54. The summed E-state index contributed by atoms with van der Waals surface area (Å²) in [7, 11) is -1.06. The number of hydrogen-bond acceptors (Lipinski definition) is 0. The van der Waals surface area contributed by atoms with E-state index in [1.165, 1.54) is 37.9 Å². The van der Waals surface area contributed by atoms with Crippen molar-refractivity contribution in [3.63, 3.8) is 0 Å². The molecule has 1 fully saturated rings. The monoisotopic (exact) mass is 236 g/mol. The Morgan fingerprint density at radius 1 is 1.15 bits per heavy atom. The molecule has 0 N–H and O–H groups in total. The van der Waals surface area contributed by atoms with Crippen molar-refractivity contribution in [3.05, 3.63) is 0 Å². The van der Waals surface area contributed by atoms with Crippen LogP contribution < -0.4 is 0 Å². The van der Waals surface area contributed by atoms with Gasteiger partial charge in [-0.1, -0.05) is 50.1 Å². The average Bonchev–Trinajstić information content (AvgIpc) is 2.03. The van der Waals surface area contributed by atoms with Gasteiger partial charge in [0.1, 0.15) is 0 Å². The molecule has 0 spiro atoms. The topological polar surface area (TPSA) is 0 Å². The predicted molar refractivity (Wildman–Crippen MR) is 67.9 cm³/mol. The van der Waals surface area contributed by atoms with Crippen molar-refractivity contribution in [2.75, 3.05) is 5.79 Å². The van der Waals surface area contributed by atoms with Crippen LogP contribution in [-0.4, -0.2) is 19.5 Å². The van der Waals surface area contributed by atoms with Gasteiger partial charge in [0.2, 0.25) is 0 Å². The summed E-state index contributed by atoms with van der Waals surface area (Å²) >= 11 is 6.54. The summed E-state index contributed by atoms with van der Waals surface area (Å²) in [5.74, 6) is 1.37. The van der Waals surface area contributed by atoms with Crippen LogP contribution in [0.1, 0.15) is 32.1 Å². The molecule has 1 unspecified atom stereocenters. The van der Waals surface area contributed by atoms with Gasteiger partial charge in [-0.05, 0) is 31.6 Å². The van der Waals surface area contributed by atoms with Crippen LogP contribution in [-0.2, 0) is 0 Å². The van der Waals surface area contributed by atoms with E-state index >= 15 is 0 Å². The van der Waals surface area contributed by atoms with Crippen LogP contribution >= 0.6 is 18.5 Å². The molecular weight excluding hydrogens is 215 g/mol. The fourth-order valence-electron chi connectivity index (χ4n) is 1.94. The fourth-order valence-corrected chi connectivity index (χ4v) is 11.3. The van der Waals surface area contributed by atoms with Crippen LogP contribution in [0.15, 0.2) is 0 Å². The number of rotatable bonds is 3. The van der Waals surface area contributed by atoms with Crippen molar-refractivity contribution in [2.24, 2.45) is 0 Å². The molecule has 1 rings (SSSR count). The van der Waals surface area contributed by atoms with Crippen LogP contribution in [0.25, 0.3) is 0 Å². The summed E-state index contributed by atoms with van der Waals surface area (Å²) < 4.78 is 0. The van der Waals surface area contributed by atoms with Crippen molar-refractivity contribution >= 4 is 26.6 Å². The minimum Gasteiger partial charge on any atom is -0.0964 e. The summed E-state index contributed by atoms with van der Waals surface area (Å²) in [6.45, 7) is 7.31. The lowest BCUT2D eigenvalue weighted by molar-refractivity contribution is 0.513. The van der Waals surface area contributed by atoms with Gasteiger partial charge in [-0.2, -0.15) is 0 Å². The SMILES string of the molecule is C[Si](C)(C)CP(Cl)C1CCCCC1. The first-order valence-corrected chi connectivity index (χ1v) is 11.6. The van der Waals surface area contributed by atoms with Gasteiger partial charge in [0.05, 0.1) is 0 Å². The van der Waals surface area contributed by atoms with Gasteiger partial charge in [0.15, 0.2) is 0 Å². The highest BCUT2D eigenvalue weighted by molar-refractivity contribution is 7.86. The molecule has 3 heteroatoms. The molecule has 0 nitrogen and oxygen atoms in total. The first kappa shape index (κ1) is 12.0. The summed E-state index contributed by atoms with van der Waals surface area (Å²) in [6.07, 6.45) is 7.15. The van der Waals surface area contributed by atoms with E-state index in [1.54, 1.807) is 0 Å². The van der Waals surface area contributed by atoms with E-state index in [4.69, 9.17) is 11.2 Å². The second-order valence-corrected chi connectivity index (χ2v) is 14.6. The Kier molecular flexibility index (Phi) is 4.75. The van der Waals surface area contributed by atoms with Gasteiger partial charge < -0.3 is 0 Å². The zero-order valence-electron chi connectivity index (χ0n) is 9.15. The minimum atomic E-state index is -0.907. The van der Waals surface area contributed by atoms with Gasteiger partial charge in [-0.15, -0.1) is 0 Å². The van der Waals surface area contributed by atoms with E-state index in [0.717, 1.165) is 5.66 Å². The Balaban J connectivity index is 2.33. The van der Waals surface area contributed by atoms with Crippen molar-refractivity contribution in [1.29, 1.82) is 0 Å². The van der Waals surface area contributed by atoms with Crippen LogP contribution in [0, 0.1) is 0 Å². The lowest BCUT2D eigenvalue weighted by Crippen LogP contribution is -2.26. The number of hydrogen-bond donors (Lipinski definition) is 0. The molecule has 78 valence electrons. The highest BCUT2D eigenvalue weighted by Gasteiger charge is 2.26. The molecule has 0 radical (unpaired) electrons. The lowest BCUT2D eigenvalue weighted by atomic mass is 10.0. The van der Waals surface area contributed by atoms with Crippen LogP contribution in [0.3, 0.4) is 0 Å². The maximum atomic E-state index is 6.54. The van der Waals surface area contributed by atoms with Crippen LogP contribution in [0.5, 0.6) is 0 Å². The third-order valence-electron chi connectivity index (χ3n) is 2.60. The van der Waals surface area contributed by atoms with E-state index in [0.29, 0.717) is 0 Å². The maximum Gasteiger partial charge on any atom is 0.0499 e. The van der Waals surface area contributed by atoms with E-state index in [1.807, 2.05) is 0 Å². The second-order valence-electron chi connectivity index (χ2n) is 5.41. The van der Waals surface area contributed by atoms with Gasteiger partial charge in [0, 0.05) is 8.07 Å². The van der Waals surface area contributed by atoms with E-state index < -0.39 is 8.07 Å². The molecule has 0 saturated heterocycles. The standard InChI is InChI=1S/C10H22ClPSi/c1-13(2,3)9-12(11)10-7-5-4-6-8-10/h10H,4-9H2,1-3H3. The third-order valence-corrected chi connectivity index (χ3v) is 10.8. The minimum absolute atomic E-state index is 0.153. The fraction of sp³-hybridized carbons (Fsp3) is 1.00. The Morgan fingerprint density at radius 2 is 1.69 bits per heavy atom. The molecule has 0 aromatic carbocycles. The van der Waals surface area contributed by atoms with Gasteiger partial charge >= 0.3 is 0 Å². The van der Waals surface area contributed by atoms with Crippen molar-refractivity contribution < 1.29 is 0 Å². The summed E-state index contributed by atoms with van der Waals surface area (Å²) in [6, 6.07) is 0. The molecule has 1 saturated carbocycles. The van der Waals surface area contributed by atoms with Crippen LogP contribution in [0.2, 0.25) is 19.6 Å². The molecule has 0 heterocycles. The largest absolute Gasteiger partial charge is 0.0964 e. The molecule has 13 heavy (non-hydrogen) atoms. The second kappa shape index (κ2) is 5.14. The molecule has 1 atom stereocenters. The summed E-state index contributed by atoms with van der Waals surface area (Å²) in [5, 5.41) is 0. The molecular formula is C10H22ClPSi. The zero-order valence-corrected chi connectivity index (χ0v) is 11.8. The zero-order chi connectivity index (χ0) is 9.90. The molecule has 0 aromatic heterocycles. The normalized spacial score (nSPS) is 23.1. The molecule has 0 bridgehead atoms. The van der Waals surface area contributed by atoms with Crippen molar-refractivity contribution in [1.82, 2.24) is 0 Å². The molecule has 0 amide bonds. The predicted octanol–water partition coefficient (Wildman–Crippen LogP) is 4.83. The van der Waals surface area contributed by atoms with E-state index in [9.17, 15) is 0 Å². The van der Waals surface area contributed by atoms with Crippen molar-refractivity contribution in [2.45, 2.75) is 57.4 Å². The Labute approximate surface area is 90.0 Å². The first-order valence-electron chi connectivity index (χ1n) is 5.41. The van der Waals surface area contributed by atoms with Gasteiger partial charge in [-0.3, -0.25) is 0 Å². The highest BCUT2D eigenvalue weighted by Crippen LogP contribution is 2.53. The Bertz CT molecular complexity index is 149. The molecule has 0 aromatic rings.